The monoisotopic (exact) mass is 352 g/mol. The Morgan fingerprint density at radius 3 is 2.58 bits per heavy atom. The van der Waals surface area contributed by atoms with Crippen molar-refractivity contribution in [3.8, 4) is 0 Å². The molecule has 3 N–H and O–H groups in total. The minimum Gasteiger partial charge on any atom is -0.480 e. The number of hydrogen-bond donors (Lipinski definition) is 3. The summed E-state index contributed by atoms with van der Waals surface area (Å²) < 4.78 is 1.71. The minimum absolute atomic E-state index is 0.268. The van der Waals surface area contributed by atoms with E-state index in [1.54, 1.807) is 24.7 Å². The summed E-state index contributed by atoms with van der Waals surface area (Å²) in [6, 6.07) is -0.0563. The lowest BCUT2D eigenvalue weighted by Crippen LogP contribution is -2.50. The van der Waals surface area contributed by atoms with Crippen LogP contribution in [-0.2, 0) is 16.6 Å². The zero-order valence-corrected chi connectivity index (χ0v) is 14.7. The molecule has 9 heteroatoms. The zero-order valence-electron chi connectivity index (χ0n) is 13.9. The Hall–Kier alpha value is -2.42. The van der Waals surface area contributed by atoms with Gasteiger partial charge in [0.05, 0.1) is 10.6 Å². The first-order valence-corrected chi connectivity index (χ1v) is 8.33. The second kappa shape index (κ2) is 7.00. The Morgan fingerprint density at radius 2 is 2.04 bits per heavy atom. The molecule has 24 heavy (non-hydrogen) atoms. The van der Waals surface area contributed by atoms with E-state index in [0.717, 1.165) is 15.9 Å². The van der Waals surface area contributed by atoms with E-state index in [0.29, 0.717) is 4.88 Å². The van der Waals surface area contributed by atoms with Crippen molar-refractivity contribution in [1.82, 2.24) is 20.4 Å². The first kappa shape index (κ1) is 17.9. The number of carbonyl (C=O) groups is 3. The van der Waals surface area contributed by atoms with Crippen LogP contribution in [0.5, 0.6) is 0 Å². The van der Waals surface area contributed by atoms with Gasteiger partial charge in [0.25, 0.3) is 5.91 Å². The number of nitrogens with one attached hydrogen (secondary N) is 2. The van der Waals surface area contributed by atoms with Gasteiger partial charge in [-0.05, 0) is 26.3 Å². The van der Waals surface area contributed by atoms with Crippen molar-refractivity contribution < 1.29 is 19.5 Å². The van der Waals surface area contributed by atoms with Crippen molar-refractivity contribution in [2.24, 2.45) is 7.05 Å². The third kappa shape index (κ3) is 3.56. The van der Waals surface area contributed by atoms with Gasteiger partial charge in [-0.25, -0.2) is 4.79 Å². The Labute approximate surface area is 142 Å². The summed E-state index contributed by atoms with van der Waals surface area (Å²) in [5.74, 6) is -2.00. The van der Waals surface area contributed by atoms with E-state index in [1.807, 2.05) is 6.92 Å². The van der Waals surface area contributed by atoms with Crippen molar-refractivity contribution in [2.45, 2.75) is 39.3 Å². The molecular formula is C15H20N4O4S. The number of rotatable bonds is 6. The van der Waals surface area contributed by atoms with Crippen LogP contribution in [0.25, 0.3) is 10.2 Å². The highest BCUT2D eigenvalue weighted by Gasteiger charge is 2.23. The van der Waals surface area contributed by atoms with Crippen LogP contribution in [0.2, 0.25) is 0 Å². The van der Waals surface area contributed by atoms with Gasteiger partial charge in [0.1, 0.15) is 16.9 Å². The third-order valence-corrected chi connectivity index (χ3v) is 4.88. The Morgan fingerprint density at radius 1 is 1.38 bits per heavy atom. The molecule has 0 bridgehead atoms. The first-order chi connectivity index (χ1) is 11.2. The molecule has 2 unspecified atom stereocenters. The van der Waals surface area contributed by atoms with E-state index < -0.39 is 24.0 Å². The number of nitrogens with zero attached hydrogens (tertiary/aromatic N) is 2. The summed E-state index contributed by atoms with van der Waals surface area (Å²) in [7, 11) is 1.81. The second-order valence-electron chi connectivity index (χ2n) is 5.54. The lowest BCUT2D eigenvalue weighted by molar-refractivity contribution is -0.142. The molecule has 2 atom stereocenters. The molecule has 2 rings (SSSR count). The molecule has 0 aliphatic heterocycles. The molecule has 0 aliphatic carbocycles. The standard InChI is InChI=1S/C15H20N4O4S/c1-5-10(15(22)23)17-12(20)8(3)16-13(21)11-6-9-7(2)18-19(4)14(9)24-11/h6,8,10H,5H2,1-4H3,(H,16,21)(H,17,20)(H,22,23). The van der Waals surface area contributed by atoms with Crippen molar-refractivity contribution in [2.75, 3.05) is 0 Å². The predicted octanol–water partition coefficient (Wildman–Crippen LogP) is 1.04. The number of thiophene rings is 1. The second-order valence-corrected chi connectivity index (χ2v) is 6.57. The average molecular weight is 352 g/mol. The molecule has 0 saturated heterocycles. The van der Waals surface area contributed by atoms with Gasteiger partial charge >= 0.3 is 5.97 Å². The van der Waals surface area contributed by atoms with E-state index in [1.165, 1.54) is 18.3 Å². The first-order valence-electron chi connectivity index (χ1n) is 7.51. The molecule has 2 aromatic rings. The predicted molar refractivity (Wildman–Crippen MR) is 90.1 cm³/mol. The quantitative estimate of drug-likeness (QED) is 0.719. The molecule has 2 amide bonds. The van der Waals surface area contributed by atoms with Crippen molar-refractivity contribution in [3.63, 3.8) is 0 Å². The SMILES string of the molecule is CCC(NC(=O)C(C)NC(=O)c1cc2c(C)nn(C)c2s1)C(=O)O. The van der Waals surface area contributed by atoms with Gasteiger partial charge in [0, 0.05) is 12.4 Å². The number of aryl methyl sites for hydroxylation is 2. The maximum absolute atomic E-state index is 12.3. The van der Waals surface area contributed by atoms with Gasteiger partial charge in [0.2, 0.25) is 5.91 Å². The van der Waals surface area contributed by atoms with Crippen LogP contribution in [0.4, 0.5) is 0 Å². The van der Waals surface area contributed by atoms with Crippen LogP contribution in [0.1, 0.15) is 35.6 Å². The van der Waals surface area contributed by atoms with Gasteiger partial charge in [-0.15, -0.1) is 11.3 Å². The number of fused-ring (bicyclic) bond motifs is 1. The molecule has 130 valence electrons. The molecular weight excluding hydrogens is 332 g/mol. The average Bonchev–Trinajstić information content (AvgIpc) is 3.06. The van der Waals surface area contributed by atoms with Crippen molar-refractivity contribution in [3.05, 3.63) is 16.6 Å². The van der Waals surface area contributed by atoms with Gasteiger partial charge < -0.3 is 15.7 Å². The number of amides is 2. The van der Waals surface area contributed by atoms with Gasteiger partial charge in [0.15, 0.2) is 0 Å². The highest BCUT2D eigenvalue weighted by Crippen LogP contribution is 2.27. The molecule has 0 spiro atoms. The van der Waals surface area contributed by atoms with Crippen LogP contribution < -0.4 is 10.6 Å². The number of aromatic nitrogens is 2. The fourth-order valence-electron chi connectivity index (χ4n) is 2.29. The molecule has 0 radical (unpaired) electrons. The molecule has 0 fully saturated rings. The van der Waals surface area contributed by atoms with Crippen LogP contribution in [-0.4, -0.2) is 44.8 Å². The van der Waals surface area contributed by atoms with E-state index in [9.17, 15) is 14.4 Å². The van der Waals surface area contributed by atoms with Crippen LogP contribution in [0.15, 0.2) is 6.07 Å². The Balaban J connectivity index is 2.05. The highest BCUT2D eigenvalue weighted by molar-refractivity contribution is 7.20. The summed E-state index contributed by atoms with van der Waals surface area (Å²) in [5, 5.41) is 19.1. The maximum Gasteiger partial charge on any atom is 0.326 e. The Kier molecular flexibility index (Phi) is 5.23. The zero-order chi connectivity index (χ0) is 18.0. The van der Waals surface area contributed by atoms with E-state index in [2.05, 4.69) is 15.7 Å². The largest absolute Gasteiger partial charge is 0.480 e. The molecule has 0 aromatic carbocycles. The molecule has 8 nitrogen and oxygen atoms in total. The Bertz CT molecular complexity index is 760. The fraction of sp³-hybridized carbons (Fsp3) is 0.467. The van der Waals surface area contributed by atoms with Gasteiger partial charge in [-0.1, -0.05) is 6.92 Å². The van der Waals surface area contributed by atoms with Gasteiger partial charge in [-0.2, -0.15) is 5.10 Å². The molecule has 0 saturated carbocycles. The third-order valence-electron chi connectivity index (χ3n) is 3.68. The summed E-state index contributed by atoms with van der Waals surface area (Å²) in [6.07, 6.45) is 0.268. The topological polar surface area (TPSA) is 113 Å². The van der Waals surface area contributed by atoms with Gasteiger partial charge in [-0.3, -0.25) is 14.3 Å². The molecule has 2 aromatic heterocycles. The normalized spacial score (nSPS) is 13.5. The van der Waals surface area contributed by atoms with E-state index in [-0.39, 0.29) is 12.3 Å². The van der Waals surface area contributed by atoms with E-state index in [4.69, 9.17) is 5.11 Å². The fourth-order valence-corrected chi connectivity index (χ4v) is 3.31. The number of hydrogen-bond acceptors (Lipinski definition) is 5. The number of carbonyl (C=O) groups excluding carboxylic acids is 2. The molecule has 0 aliphatic rings. The smallest absolute Gasteiger partial charge is 0.326 e. The van der Waals surface area contributed by atoms with Crippen molar-refractivity contribution in [1.29, 1.82) is 0 Å². The molecule has 2 heterocycles. The summed E-state index contributed by atoms with van der Waals surface area (Å²) >= 11 is 1.29. The highest BCUT2D eigenvalue weighted by atomic mass is 32.1. The minimum atomic E-state index is -1.10. The summed E-state index contributed by atoms with van der Waals surface area (Å²) in [6.45, 7) is 5.04. The van der Waals surface area contributed by atoms with Crippen molar-refractivity contribution >= 4 is 39.3 Å². The van der Waals surface area contributed by atoms with Crippen LogP contribution in [0, 0.1) is 6.92 Å². The number of carboxylic acids is 1. The van der Waals surface area contributed by atoms with Crippen LogP contribution in [0.3, 0.4) is 0 Å². The van der Waals surface area contributed by atoms with E-state index >= 15 is 0 Å². The summed E-state index contributed by atoms with van der Waals surface area (Å²) in [5.41, 5.74) is 0.834. The number of carboxylic acid groups (broad SMARTS) is 1. The lowest BCUT2D eigenvalue weighted by Gasteiger charge is -2.17. The number of aliphatic carboxylic acids is 1. The lowest BCUT2D eigenvalue weighted by atomic mass is 10.2. The summed E-state index contributed by atoms with van der Waals surface area (Å²) in [4.78, 5) is 36.6. The maximum atomic E-state index is 12.3. The van der Waals surface area contributed by atoms with Crippen LogP contribution >= 0.6 is 11.3 Å².